The van der Waals surface area contributed by atoms with Gasteiger partial charge in [0, 0.05) is 33.4 Å². The van der Waals surface area contributed by atoms with Crippen LogP contribution in [-0.2, 0) is 28.6 Å². The number of hydrogen-bond acceptors (Lipinski definition) is 8. The molecule has 0 aromatic carbocycles. The summed E-state index contributed by atoms with van der Waals surface area (Å²) in [6, 6.07) is 1.45. The number of anilines is 1. The monoisotopic (exact) mass is 353 g/mol. The highest BCUT2D eigenvalue weighted by atomic mass is 16.6. The third-order valence-electron chi connectivity index (χ3n) is 3.39. The number of rotatable bonds is 5. The first kappa shape index (κ1) is 18.6. The minimum Gasteiger partial charge on any atom is -0.463 e. The van der Waals surface area contributed by atoms with E-state index in [0.717, 1.165) is 0 Å². The van der Waals surface area contributed by atoms with Crippen molar-refractivity contribution < 1.29 is 28.6 Å². The Morgan fingerprint density at radius 1 is 1.32 bits per heavy atom. The topological polar surface area (TPSA) is 126 Å². The average Bonchev–Trinajstić information content (AvgIpc) is 2.86. The third kappa shape index (κ3) is 5.11. The van der Waals surface area contributed by atoms with Crippen molar-refractivity contribution in [3.63, 3.8) is 0 Å². The van der Waals surface area contributed by atoms with E-state index < -0.39 is 36.1 Å². The smallest absolute Gasteiger partial charge is 0.351 e. The minimum absolute atomic E-state index is 0.101. The molecule has 10 nitrogen and oxygen atoms in total. The molecule has 0 unspecified atom stereocenters. The quantitative estimate of drug-likeness (QED) is 0.732. The van der Waals surface area contributed by atoms with E-state index in [9.17, 15) is 19.2 Å². The van der Waals surface area contributed by atoms with Gasteiger partial charge in [0.2, 0.25) is 5.91 Å². The van der Waals surface area contributed by atoms with Crippen molar-refractivity contribution in [1.29, 1.82) is 0 Å². The highest BCUT2D eigenvalue weighted by Crippen LogP contribution is 2.30. The molecule has 2 heterocycles. The molecule has 136 valence electrons. The van der Waals surface area contributed by atoms with Crippen molar-refractivity contribution in [3.8, 4) is 0 Å². The first-order valence-electron chi connectivity index (χ1n) is 7.59. The van der Waals surface area contributed by atoms with Crippen LogP contribution in [0.4, 0.5) is 5.82 Å². The molecule has 1 aromatic rings. The Bertz CT molecular complexity index is 730. The number of amides is 1. The number of hydrogen-bond donors (Lipinski definition) is 1. The van der Waals surface area contributed by atoms with E-state index in [-0.39, 0.29) is 24.8 Å². The predicted octanol–water partition coefficient (Wildman–Crippen LogP) is -0.0160. The summed E-state index contributed by atoms with van der Waals surface area (Å²) in [7, 11) is 0. The maximum atomic E-state index is 12.1. The van der Waals surface area contributed by atoms with Crippen molar-refractivity contribution in [2.75, 3.05) is 11.9 Å². The zero-order chi connectivity index (χ0) is 18.6. The zero-order valence-electron chi connectivity index (χ0n) is 14.1. The molecule has 1 amide bonds. The van der Waals surface area contributed by atoms with Gasteiger partial charge in [-0.25, -0.2) is 4.79 Å². The lowest BCUT2D eigenvalue weighted by molar-refractivity contribution is -0.155. The fraction of sp³-hybridized carbons (Fsp3) is 0.533. The van der Waals surface area contributed by atoms with Crippen LogP contribution in [0.1, 0.15) is 33.4 Å². The van der Waals surface area contributed by atoms with Gasteiger partial charge in [0.25, 0.3) is 0 Å². The largest absolute Gasteiger partial charge is 0.463 e. The molecule has 0 bridgehead atoms. The molecule has 2 rings (SSSR count). The number of esters is 2. The summed E-state index contributed by atoms with van der Waals surface area (Å²) in [6.45, 7) is 3.71. The van der Waals surface area contributed by atoms with Crippen molar-refractivity contribution in [1.82, 2.24) is 9.55 Å². The maximum absolute atomic E-state index is 12.1. The van der Waals surface area contributed by atoms with Gasteiger partial charge in [-0.2, -0.15) is 4.98 Å². The fourth-order valence-corrected chi connectivity index (χ4v) is 2.44. The lowest BCUT2D eigenvalue weighted by atomic mass is 10.2. The van der Waals surface area contributed by atoms with E-state index in [1.807, 2.05) is 0 Å². The van der Waals surface area contributed by atoms with Gasteiger partial charge in [-0.1, -0.05) is 0 Å². The molecule has 1 N–H and O–H groups in total. The number of nitrogens with one attached hydrogen (secondary N) is 1. The van der Waals surface area contributed by atoms with Crippen LogP contribution in [0.2, 0.25) is 0 Å². The molecule has 0 saturated carbocycles. The maximum Gasteiger partial charge on any atom is 0.351 e. The van der Waals surface area contributed by atoms with E-state index in [0.29, 0.717) is 0 Å². The molecule has 10 heteroatoms. The van der Waals surface area contributed by atoms with Crippen molar-refractivity contribution >= 4 is 23.7 Å². The van der Waals surface area contributed by atoms with Gasteiger partial charge in [-0.15, -0.1) is 0 Å². The van der Waals surface area contributed by atoms with Crippen molar-refractivity contribution in [2.45, 2.75) is 45.6 Å². The normalized spacial score (nSPS) is 22.3. The summed E-state index contributed by atoms with van der Waals surface area (Å²) in [5.74, 6) is -1.22. The van der Waals surface area contributed by atoms with Crippen LogP contribution >= 0.6 is 0 Å². The van der Waals surface area contributed by atoms with Crippen molar-refractivity contribution in [2.24, 2.45) is 0 Å². The lowest BCUT2D eigenvalue weighted by Crippen LogP contribution is -2.31. The van der Waals surface area contributed by atoms with Crippen LogP contribution in [0.5, 0.6) is 0 Å². The molecule has 1 aliphatic rings. The van der Waals surface area contributed by atoms with Crippen LogP contribution in [0.15, 0.2) is 17.1 Å². The van der Waals surface area contributed by atoms with Crippen molar-refractivity contribution in [3.05, 3.63) is 22.7 Å². The summed E-state index contributed by atoms with van der Waals surface area (Å²) in [5, 5.41) is 2.41. The standard InChI is InChI=1S/C15H19N3O7/c1-8(19)16-13-4-5-18(15(22)17-13)14-6-11(24-10(3)21)12(25-14)7-23-9(2)20/h4-5,11-12,14H,6-7H2,1-3H3,(H,16,17,19,22)/t11-,12+,14+/m1/s1. The van der Waals surface area contributed by atoms with Gasteiger partial charge >= 0.3 is 17.6 Å². The molecule has 0 aliphatic carbocycles. The van der Waals surface area contributed by atoms with Crippen LogP contribution in [0.25, 0.3) is 0 Å². The molecular weight excluding hydrogens is 334 g/mol. The van der Waals surface area contributed by atoms with Crippen LogP contribution in [0, 0.1) is 0 Å². The number of ether oxygens (including phenoxy) is 3. The number of nitrogens with zero attached hydrogens (tertiary/aromatic N) is 2. The Labute approximate surface area is 143 Å². The predicted molar refractivity (Wildman–Crippen MR) is 83.5 cm³/mol. The van der Waals surface area contributed by atoms with Gasteiger partial charge in [0.05, 0.1) is 0 Å². The zero-order valence-corrected chi connectivity index (χ0v) is 14.1. The van der Waals surface area contributed by atoms with Crippen LogP contribution in [-0.4, -0.2) is 46.2 Å². The van der Waals surface area contributed by atoms with Gasteiger partial charge in [0.1, 0.15) is 30.9 Å². The van der Waals surface area contributed by atoms with Crippen LogP contribution < -0.4 is 11.0 Å². The molecule has 1 aromatic heterocycles. The Kier molecular flexibility index (Phi) is 5.86. The van der Waals surface area contributed by atoms with Gasteiger partial charge in [-0.05, 0) is 6.07 Å². The second-order valence-electron chi connectivity index (χ2n) is 5.50. The second kappa shape index (κ2) is 7.88. The summed E-state index contributed by atoms with van der Waals surface area (Å²) in [6.07, 6.45) is -0.476. The average molecular weight is 353 g/mol. The fourth-order valence-electron chi connectivity index (χ4n) is 2.44. The minimum atomic E-state index is -0.740. The van der Waals surface area contributed by atoms with Gasteiger partial charge in [-0.3, -0.25) is 19.0 Å². The molecule has 0 radical (unpaired) electrons. The lowest BCUT2D eigenvalue weighted by Gasteiger charge is -2.17. The van der Waals surface area contributed by atoms with E-state index >= 15 is 0 Å². The Balaban J connectivity index is 2.16. The molecule has 3 atom stereocenters. The summed E-state index contributed by atoms with van der Waals surface area (Å²) >= 11 is 0. The summed E-state index contributed by atoms with van der Waals surface area (Å²) < 4.78 is 17.0. The number of carbonyl (C=O) groups excluding carboxylic acids is 3. The first-order valence-corrected chi connectivity index (χ1v) is 7.59. The molecule has 1 saturated heterocycles. The van der Waals surface area contributed by atoms with Crippen LogP contribution in [0.3, 0.4) is 0 Å². The molecular formula is C15H19N3O7. The highest BCUT2D eigenvalue weighted by molar-refractivity contribution is 5.87. The SMILES string of the molecule is CC(=O)Nc1ccn([C@@H]2C[C@@H](OC(C)=O)[C@H](COC(C)=O)O2)c(=O)n1. The van der Waals surface area contributed by atoms with E-state index in [1.165, 1.54) is 37.6 Å². The highest BCUT2D eigenvalue weighted by Gasteiger charge is 2.39. The second-order valence-corrected chi connectivity index (χ2v) is 5.50. The van der Waals surface area contributed by atoms with Gasteiger partial charge in [0.15, 0.2) is 0 Å². The first-order chi connectivity index (χ1) is 11.8. The Morgan fingerprint density at radius 3 is 2.60 bits per heavy atom. The van der Waals surface area contributed by atoms with Gasteiger partial charge < -0.3 is 19.5 Å². The van der Waals surface area contributed by atoms with E-state index in [1.54, 1.807) is 0 Å². The Hall–Kier alpha value is -2.75. The molecule has 1 fully saturated rings. The molecule has 25 heavy (non-hydrogen) atoms. The Morgan fingerprint density at radius 2 is 2.04 bits per heavy atom. The van der Waals surface area contributed by atoms with E-state index in [4.69, 9.17) is 14.2 Å². The summed E-state index contributed by atoms with van der Waals surface area (Å²) in [4.78, 5) is 49.1. The molecule has 0 spiro atoms. The molecule has 1 aliphatic heterocycles. The number of carbonyl (C=O) groups is 3. The summed E-state index contributed by atoms with van der Waals surface area (Å²) in [5.41, 5.74) is -0.633. The van der Waals surface area contributed by atoms with E-state index in [2.05, 4.69) is 10.3 Å². The third-order valence-corrected chi connectivity index (χ3v) is 3.39. The number of aromatic nitrogens is 2.